The number of esters is 2. The van der Waals surface area contributed by atoms with E-state index in [9.17, 15) is 14.4 Å². The maximum Gasteiger partial charge on any atom is 0.348 e. The Bertz CT molecular complexity index is 894. The minimum Gasteiger partial charge on any atom is -0.462 e. The van der Waals surface area contributed by atoms with E-state index in [-0.39, 0.29) is 39.2 Å². The van der Waals surface area contributed by atoms with Crippen LogP contribution in [-0.2, 0) is 9.47 Å². The van der Waals surface area contributed by atoms with Crippen LogP contribution in [0.2, 0.25) is 10.0 Å². The lowest BCUT2D eigenvalue weighted by Gasteiger charge is -2.07. The summed E-state index contributed by atoms with van der Waals surface area (Å²) in [7, 11) is 0. The van der Waals surface area contributed by atoms with E-state index in [4.69, 9.17) is 32.7 Å². The summed E-state index contributed by atoms with van der Waals surface area (Å²) < 4.78 is 10.1. The van der Waals surface area contributed by atoms with Crippen LogP contribution in [0.5, 0.6) is 0 Å². The minimum absolute atomic E-state index is 0.123. The molecule has 1 aromatic carbocycles. The fourth-order valence-electron chi connectivity index (χ4n) is 2.25. The number of rotatable bonds is 6. The van der Waals surface area contributed by atoms with Gasteiger partial charge >= 0.3 is 11.9 Å². The average molecular weight is 430 g/mol. The zero-order chi connectivity index (χ0) is 20.1. The molecule has 144 valence electrons. The number of halogens is 2. The Balaban J connectivity index is 2.42. The molecule has 1 aromatic heterocycles. The summed E-state index contributed by atoms with van der Waals surface area (Å²) in [5, 5.41) is 3.38. The van der Waals surface area contributed by atoms with Crippen molar-refractivity contribution in [3.8, 4) is 0 Å². The standard InChI is InChI=1S/C18H17Cl2NO5S/c1-4-25-17(23)13-9(3)14(18(24)26-5-2)27-16(13)21-15(22)10-6-7-11(19)12(20)8-10/h6-8H,4-5H2,1-3H3,(H,21,22). The van der Waals surface area contributed by atoms with Gasteiger partial charge in [0.25, 0.3) is 5.91 Å². The van der Waals surface area contributed by atoms with Gasteiger partial charge < -0.3 is 14.8 Å². The fourth-order valence-corrected chi connectivity index (χ4v) is 3.64. The maximum atomic E-state index is 12.6. The molecule has 9 heteroatoms. The van der Waals surface area contributed by atoms with Crippen molar-refractivity contribution in [1.82, 2.24) is 0 Å². The lowest BCUT2D eigenvalue weighted by atomic mass is 10.1. The van der Waals surface area contributed by atoms with Gasteiger partial charge in [0.1, 0.15) is 9.88 Å². The number of hydrogen-bond donors (Lipinski definition) is 1. The van der Waals surface area contributed by atoms with Crippen LogP contribution < -0.4 is 5.32 Å². The van der Waals surface area contributed by atoms with E-state index in [2.05, 4.69) is 5.32 Å². The second kappa shape index (κ2) is 9.21. The molecule has 1 heterocycles. The lowest BCUT2D eigenvalue weighted by molar-refractivity contribution is 0.0527. The van der Waals surface area contributed by atoms with Crippen molar-refractivity contribution in [3.63, 3.8) is 0 Å². The molecule has 0 saturated carbocycles. The van der Waals surface area contributed by atoms with Gasteiger partial charge in [-0.3, -0.25) is 4.79 Å². The normalized spacial score (nSPS) is 10.4. The molecule has 27 heavy (non-hydrogen) atoms. The molecule has 0 bridgehead atoms. The fraction of sp³-hybridized carbons (Fsp3) is 0.278. The molecule has 0 aliphatic carbocycles. The molecule has 0 atom stereocenters. The molecule has 0 fully saturated rings. The van der Waals surface area contributed by atoms with Crippen molar-refractivity contribution < 1.29 is 23.9 Å². The largest absolute Gasteiger partial charge is 0.462 e. The maximum absolute atomic E-state index is 12.6. The molecule has 6 nitrogen and oxygen atoms in total. The van der Waals surface area contributed by atoms with E-state index in [1.165, 1.54) is 18.2 Å². The Morgan fingerprint density at radius 2 is 1.67 bits per heavy atom. The van der Waals surface area contributed by atoms with Crippen LogP contribution in [0.4, 0.5) is 5.00 Å². The number of thiophene rings is 1. The highest BCUT2D eigenvalue weighted by Crippen LogP contribution is 2.35. The number of carbonyl (C=O) groups excluding carboxylic acids is 3. The van der Waals surface area contributed by atoms with Gasteiger partial charge in [-0.15, -0.1) is 11.3 Å². The van der Waals surface area contributed by atoms with Crippen LogP contribution in [-0.4, -0.2) is 31.1 Å². The molecule has 1 N–H and O–H groups in total. The molecular weight excluding hydrogens is 413 g/mol. The number of anilines is 1. The van der Waals surface area contributed by atoms with Crippen molar-refractivity contribution in [2.24, 2.45) is 0 Å². The van der Waals surface area contributed by atoms with Crippen molar-refractivity contribution in [3.05, 3.63) is 49.8 Å². The van der Waals surface area contributed by atoms with Crippen molar-refractivity contribution in [1.29, 1.82) is 0 Å². The number of benzene rings is 1. The van der Waals surface area contributed by atoms with Gasteiger partial charge in [-0.2, -0.15) is 0 Å². The third-order valence-electron chi connectivity index (χ3n) is 3.50. The quantitative estimate of drug-likeness (QED) is 0.655. The van der Waals surface area contributed by atoms with Crippen LogP contribution in [0.1, 0.15) is 49.8 Å². The van der Waals surface area contributed by atoms with Gasteiger partial charge in [0.15, 0.2) is 0 Å². The SMILES string of the molecule is CCOC(=O)c1sc(NC(=O)c2ccc(Cl)c(Cl)c2)c(C(=O)OCC)c1C. The van der Waals surface area contributed by atoms with Crippen molar-refractivity contribution in [2.75, 3.05) is 18.5 Å². The van der Waals surface area contributed by atoms with E-state index in [1.54, 1.807) is 20.8 Å². The van der Waals surface area contributed by atoms with Gasteiger partial charge in [-0.05, 0) is 44.5 Å². The molecular formula is C18H17Cl2NO5S. The topological polar surface area (TPSA) is 81.7 Å². The predicted molar refractivity (Wildman–Crippen MR) is 105 cm³/mol. The smallest absolute Gasteiger partial charge is 0.348 e. The number of ether oxygens (including phenoxy) is 2. The van der Waals surface area contributed by atoms with Gasteiger partial charge in [0.05, 0.1) is 28.8 Å². The Morgan fingerprint density at radius 1 is 1.04 bits per heavy atom. The predicted octanol–water partition coefficient (Wildman–Crippen LogP) is 4.97. The summed E-state index contributed by atoms with van der Waals surface area (Å²) >= 11 is 12.8. The third-order valence-corrected chi connectivity index (χ3v) is 5.42. The van der Waals surface area contributed by atoms with E-state index in [0.29, 0.717) is 10.6 Å². The summed E-state index contributed by atoms with van der Waals surface area (Å²) in [4.78, 5) is 37.3. The minimum atomic E-state index is -0.633. The number of hydrogen-bond acceptors (Lipinski definition) is 6. The van der Waals surface area contributed by atoms with Crippen LogP contribution in [0.15, 0.2) is 18.2 Å². The lowest BCUT2D eigenvalue weighted by Crippen LogP contribution is -2.15. The summed E-state index contributed by atoms with van der Waals surface area (Å²) in [6.45, 7) is 5.29. The average Bonchev–Trinajstić information content (AvgIpc) is 2.94. The monoisotopic (exact) mass is 429 g/mol. The van der Waals surface area contributed by atoms with Gasteiger partial charge in [0.2, 0.25) is 0 Å². The van der Waals surface area contributed by atoms with Crippen molar-refractivity contribution >= 4 is 57.4 Å². The van der Waals surface area contributed by atoms with E-state index in [1.807, 2.05) is 0 Å². The summed E-state index contributed by atoms with van der Waals surface area (Å²) in [5.41, 5.74) is 0.766. The second-order valence-corrected chi connectivity index (χ2v) is 7.12. The number of amides is 1. The molecule has 0 saturated heterocycles. The summed E-state index contributed by atoms with van der Waals surface area (Å²) in [6.07, 6.45) is 0. The first-order valence-electron chi connectivity index (χ1n) is 8.04. The Kier molecular flexibility index (Phi) is 7.24. The highest BCUT2D eigenvalue weighted by atomic mass is 35.5. The van der Waals surface area contributed by atoms with E-state index in [0.717, 1.165) is 11.3 Å². The Hall–Kier alpha value is -2.09. The van der Waals surface area contributed by atoms with Crippen molar-refractivity contribution in [2.45, 2.75) is 20.8 Å². The molecule has 2 rings (SSSR count). The highest BCUT2D eigenvalue weighted by Gasteiger charge is 2.27. The van der Waals surface area contributed by atoms with Crippen LogP contribution >= 0.6 is 34.5 Å². The molecule has 0 aliphatic heterocycles. The zero-order valence-corrected chi connectivity index (χ0v) is 17.2. The summed E-state index contributed by atoms with van der Waals surface area (Å²) in [6, 6.07) is 4.41. The summed E-state index contributed by atoms with van der Waals surface area (Å²) in [5.74, 6) is -1.71. The number of carbonyl (C=O) groups is 3. The molecule has 0 radical (unpaired) electrons. The molecule has 0 spiro atoms. The molecule has 1 amide bonds. The second-order valence-electron chi connectivity index (χ2n) is 5.28. The van der Waals surface area contributed by atoms with Crippen LogP contribution in [0.3, 0.4) is 0 Å². The number of nitrogens with one attached hydrogen (secondary N) is 1. The van der Waals surface area contributed by atoms with Gasteiger partial charge in [0, 0.05) is 5.56 Å². The third kappa shape index (κ3) is 4.80. The Labute approximate surface area is 170 Å². The van der Waals surface area contributed by atoms with Gasteiger partial charge in [-0.25, -0.2) is 9.59 Å². The van der Waals surface area contributed by atoms with Gasteiger partial charge in [-0.1, -0.05) is 23.2 Å². The first kappa shape index (κ1) is 21.2. The first-order chi connectivity index (χ1) is 12.8. The zero-order valence-electron chi connectivity index (χ0n) is 14.9. The molecule has 2 aromatic rings. The van der Waals surface area contributed by atoms with Crippen LogP contribution in [0.25, 0.3) is 0 Å². The van der Waals surface area contributed by atoms with E-state index < -0.39 is 17.8 Å². The molecule has 0 unspecified atom stereocenters. The highest BCUT2D eigenvalue weighted by molar-refractivity contribution is 7.18. The van der Waals surface area contributed by atoms with E-state index >= 15 is 0 Å². The van der Waals surface area contributed by atoms with Crippen LogP contribution in [0, 0.1) is 6.92 Å². The Morgan fingerprint density at radius 3 is 2.26 bits per heavy atom. The first-order valence-corrected chi connectivity index (χ1v) is 9.61. The molecule has 0 aliphatic rings.